The van der Waals surface area contributed by atoms with Gasteiger partial charge in [-0.3, -0.25) is 9.59 Å². The number of carbonyl (C=O) groups is 1. The average Bonchev–Trinajstić information content (AvgIpc) is 3.30. The SMILES string of the molecule is O=C(NCc1cc(=O)n2nc(-c3ccccc3)sc2n1)c1cccs1. The van der Waals surface area contributed by atoms with Crippen molar-refractivity contribution in [1.82, 2.24) is 19.9 Å². The first-order valence-corrected chi connectivity index (χ1v) is 9.17. The normalized spacial score (nSPS) is 10.9. The van der Waals surface area contributed by atoms with Crippen LogP contribution in [0.15, 0.2) is 58.7 Å². The molecule has 4 aromatic rings. The third-order valence-corrected chi connectivity index (χ3v) is 5.32. The van der Waals surface area contributed by atoms with E-state index in [1.165, 1.54) is 33.3 Å². The van der Waals surface area contributed by atoms with Crippen LogP contribution in [-0.2, 0) is 6.54 Å². The average molecular weight is 368 g/mol. The highest BCUT2D eigenvalue weighted by Gasteiger charge is 2.12. The minimum absolute atomic E-state index is 0.175. The maximum absolute atomic E-state index is 12.3. The van der Waals surface area contributed by atoms with Gasteiger partial charge in [0.15, 0.2) is 0 Å². The third kappa shape index (κ3) is 3.21. The molecule has 0 aliphatic rings. The Hall–Kier alpha value is -2.84. The molecule has 0 aliphatic heterocycles. The summed E-state index contributed by atoms with van der Waals surface area (Å²) in [7, 11) is 0. The van der Waals surface area contributed by atoms with Crippen molar-refractivity contribution >= 4 is 33.5 Å². The standard InChI is InChI=1S/C17H12N4O2S2/c22-14-9-12(10-18-15(23)13-7-4-8-24-13)19-17-21(14)20-16(25-17)11-5-2-1-3-6-11/h1-9H,10H2,(H,18,23). The highest BCUT2D eigenvalue weighted by molar-refractivity contribution is 7.19. The molecular formula is C17H12N4O2S2. The molecule has 0 saturated heterocycles. The number of fused-ring (bicyclic) bond motifs is 1. The molecule has 8 heteroatoms. The highest BCUT2D eigenvalue weighted by atomic mass is 32.1. The highest BCUT2D eigenvalue weighted by Crippen LogP contribution is 2.23. The summed E-state index contributed by atoms with van der Waals surface area (Å²) in [5.74, 6) is -0.175. The van der Waals surface area contributed by atoms with E-state index in [1.54, 1.807) is 6.07 Å². The molecule has 3 aromatic heterocycles. The van der Waals surface area contributed by atoms with Crippen LogP contribution in [0.3, 0.4) is 0 Å². The first-order chi connectivity index (χ1) is 12.2. The van der Waals surface area contributed by atoms with Gasteiger partial charge in [0.2, 0.25) is 4.96 Å². The number of nitrogens with one attached hydrogen (secondary N) is 1. The Morgan fingerprint density at radius 3 is 2.76 bits per heavy atom. The van der Waals surface area contributed by atoms with Crippen LogP contribution in [-0.4, -0.2) is 20.5 Å². The fourth-order valence-corrected chi connectivity index (χ4v) is 3.88. The maximum atomic E-state index is 12.3. The van der Waals surface area contributed by atoms with Gasteiger partial charge in [0.05, 0.1) is 17.1 Å². The zero-order valence-electron chi connectivity index (χ0n) is 12.9. The van der Waals surface area contributed by atoms with Crippen LogP contribution in [0.4, 0.5) is 0 Å². The number of hydrogen-bond acceptors (Lipinski definition) is 6. The predicted octanol–water partition coefficient (Wildman–Crippen LogP) is 2.81. The number of hydrogen-bond donors (Lipinski definition) is 1. The summed E-state index contributed by atoms with van der Waals surface area (Å²) in [5.41, 5.74) is 1.19. The number of benzene rings is 1. The van der Waals surface area contributed by atoms with Gasteiger partial charge in [-0.05, 0) is 11.4 Å². The van der Waals surface area contributed by atoms with Gasteiger partial charge in [-0.25, -0.2) is 4.98 Å². The largest absolute Gasteiger partial charge is 0.346 e. The van der Waals surface area contributed by atoms with Gasteiger partial charge in [0.1, 0.15) is 5.01 Å². The molecule has 4 rings (SSSR count). The summed E-state index contributed by atoms with van der Waals surface area (Å²) in [5, 5.41) is 9.68. The Labute approximate surface area is 150 Å². The molecule has 0 radical (unpaired) electrons. The van der Waals surface area contributed by atoms with Crippen molar-refractivity contribution in [2.45, 2.75) is 6.54 Å². The Morgan fingerprint density at radius 1 is 1.16 bits per heavy atom. The second-order valence-electron chi connectivity index (χ2n) is 5.21. The number of aromatic nitrogens is 3. The molecular weight excluding hydrogens is 356 g/mol. The van der Waals surface area contributed by atoms with Crippen molar-refractivity contribution in [2.24, 2.45) is 0 Å². The van der Waals surface area contributed by atoms with E-state index in [1.807, 2.05) is 41.8 Å². The van der Waals surface area contributed by atoms with Crippen LogP contribution < -0.4 is 10.9 Å². The first kappa shape index (κ1) is 15.7. The second kappa shape index (κ2) is 6.58. The summed E-state index contributed by atoms with van der Waals surface area (Å²) in [6.45, 7) is 0.195. The van der Waals surface area contributed by atoms with E-state index in [-0.39, 0.29) is 18.0 Å². The molecule has 0 atom stereocenters. The first-order valence-electron chi connectivity index (χ1n) is 7.47. The molecule has 124 valence electrons. The number of rotatable bonds is 4. The predicted molar refractivity (Wildman–Crippen MR) is 98.1 cm³/mol. The molecule has 0 aliphatic carbocycles. The van der Waals surface area contributed by atoms with E-state index in [0.29, 0.717) is 15.5 Å². The molecule has 0 spiro atoms. The number of thiophene rings is 1. The number of amides is 1. The van der Waals surface area contributed by atoms with Crippen molar-refractivity contribution in [3.63, 3.8) is 0 Å². The minimum atomic E-state index is -0.260. The lowest BCUT2D eigenvalue weighted by Gasteiger charge is -2.02. The number of nitrogens with zero attached hydrogens (tertiary/aromatic N) is 3. The summed E-state index contributed by atoms with van der Waals surface area (Å²) in [4.78, 5) is 29.8. The Kier molecular flexibility index (Phi) is 4.12. The van der Waals surface area contributed by atoms with E-state index in [4.69, 9.17) is 0 Å². The Bertz CT molecular complexity index is 1080. The van der Waals surface area contributed by atoms with Crippen LogP contribution in [0.2, 0.25) is 0 Å². The zero-order chi connectivity index (χ0) is 17.2. The fraction of sp³-hybridized carbons (Fsp3) is 0.0588. The van der Waals surface area contributed by atoms with Gasteiger partial charge in [0.25, 0.3) is 11.5 Å². The van der Waals surface area contributed by atoms with E-state index < -0.39 is 0 Å². The van der Waals surface area contributed by atoms with Crippen molar-refractivity contribution in [3.8, 4) is 10.6 Å². The van der Waals surface area contributed by atoms with Gasteiger partial charge >= 0.3 is 0 Å². The fourth-order valence-electron chi connectivity index (χ4n) is 2.31. The van der Waals surface area contributed by atoms with Crippen LogP contribution >= 0.6 is 22.7 Å². The van der Waals surface area contributed by atoms with E-state index in [9.17, 15) is 9.59 Å². The van der Waals surface area contributed by atoms with Gasteiger partial charge in [-0.2, -0.15) is 9.61 Å². The molecule has 25 heavy (non-hydrogen) atoms. The Balaban J connectivity index is 1.61. The summed E-state index contributed by atoms with van der Waals surface area (Å²) in [6.07, 6.45) is 0. The number of carbonyl (C=O) groups excluding carboxylic acids is 1. The third-order valence-electron chi connectivity index (χ3n) is 3.49. The van der Waals surface area contributed by atoms with E-state index in [0.717, 1.165) is 10.6 Å². The summed E-state index contributed by atoms with van der Waals surface area (Å²) in [6, 6.07) is 14.6. The van der Waals surface area contributed by atoms with Gasteiger partial charge < -0.3 is 5.32 Å². The molecule has 3 heterocycles. The molecule has 0 bridgehead atoms. The van der Waals surface area contributed by atoms with Crippen molar-refractivity contribution in [3.05, 3.63) is 74.8 Å². The second-order valence-corrected chi connectivity index (χ2v) is 7.12. The molecule has 1 amide bonds. The quantitative estimate of drug-likeness (QED) is 0.601. The lowest BCUT2D eigenvalue weighted by molar-refractivity contribution is 0.0954. The maximum Gasteiger partial charge on any atom is 0.275 e. The molecule has 0 fully saturated rings. The topological polar surface area (TPSA) is 76.4 Å². The molecule has 6 nitrogen and oxygen atoms in total. The van der Waals surface area contributed by atoms with E-state index in [2.05, 4.69) is 15.4 Å². The molecule has 0 unspecified atom stereocenters. The smallest absolute Gasteiger partial charge is 0.275 e. The van der Waals surface area contributed by atoms with Gasteiger partial charge in [-0.15, -0.1) is 11.3 Å². The monoisotopic (exact) mass is 368 g/mol. The van der Waals surface area contributed by atoms with Gasteiger partial charge in [-0.1, -0.05) is 47.7 Å². The van der Waals surface area contributed by atoms with Crippen molar-refractivity contribution < 1.29 is 4.79 Å². The summed E-state index contributed by atoms with van der Waals surface area (Å²) >= 11 is 2.71. The van der Waals surface area contributed by atoms with Crippen molar-refractivity contribution in [1.29, 1.82) is 0 Å². The minimum Gasteiger partial charge on any atom is -0.346 e. The molecule has 0 saturated carbocycles. The zero-order valence-corrected chi connectivity index (χ0v) is 14.5. The molecule has 1 N–H and O–H groups in total. The van der Waals surface area contributed by atoms with Gasteiger partial charge in [0, 0.05) is 11.6 Å². The van der Waals surface area contributed by atoms with E-state index >= 15 is 0 Å². The Morgan fingerprint density at radius 2 is 2.00 bits per heavy atom. The van der Waals surface area contributed by atoms with Crippen LogP contribution in [0, 0.1) is 0 Å². The van der Waals surface area contributed by atoms with Crippen LogP contribution in [0.25, 0.3) is 15.5 Å². The summed E-state index contributed by atoms with van der Waals surface area (Å²) < 4.78 is 1.29. The lowest BCUT2D eigenvalue weighted by Crippen LogP contribution is -2.24. The van der Waals surface area contributed by atoms with Crippen molar-refractivity contribution in [2.75, 3.05) is 0 Å². The van der Waals surface area contributed by atoms with Crippen LogP contribution in [0.1, 0.15) is 15.4 Å². The van der Waals surface area contributed by atoms with Crippen LogP contribution in [0.5, 0.6) is 0 Å². The molecule has 1 aromatic carbocycles. The lowest BCUT2D eigenvalue weighted by atomic mass is 10.2.